The standard InChI is InChI=1S/C14H17N3O/c1-2-14(18)7-5-13(10-15,6-8-14)12-4-3-11(16)9-17-12/h2-4,9,18H,1,5-8,16H2/t13-,14+. The molecule has 1 aromatic rings. The Hall–Kier alpha value is -1.86. The Morgan fingerprint density at radius 2 is 2.06 bits per heavy atom. The number of nitrogens with two attached hydrogens (primary N) is 1. The quantitative estimate of drug-likeness (QED) is 0.777. The zero-order chi connectivity index (χ0) is 13.2. The summed E-state index contributed by atoms with van der Waals surface area (Å²) in [6.07, 6.45) is 5.39. The highest BCUT2D eigenvalue weighted by Gasteiger charge is 2.42. The molecule has 0 amide bonds. The molecule has 1 aromatic heterocycles. The van der Waals surface area contributed by atoms with E-state index in [0.717, 1.165) is 5.69 Å². The van der Waals surface area contributed by atoms with Gasteiger partial charge in [0.1, 0.15) is 0 Å². The molecule has 2 rings (SSSR count). The molecule has 0 spiro atoms. The normalized spacial score (nSPS) is 31.6. The van der Waals surface area contributed by atoms with Crippen molar-refractivity contribution in [2.45, 2.75) is 36.7 Å². The Bertz CT molecular complexity index is 479. The summed E-state index contributed by atoms with van der Waals surface area (Å²) in [5.41, 5.74) is 5.49. The average molecular weight is 243 g/mol. The van der Waals surface area contributed by atoms with E-state index in [1.807, 2.05) is 0 Å². The molecule has 4 heteroatoms. The third-order valence-corrected chi connectivity index (χ3v) is 3.84. The Morgan fingerprint density at radius 3 is 2.50 bits per heavy atom. The third-order valence-electron chi connectivity index (χ3n) is 3.84. The number of aliphatic hydroxyl groups is 1. The van der Waals surface area contributed by atoms with Crippen LogP contribution in [0.25, 0.3) is 0 Å². The van der Waals surface area contributed by atoms with Gasteiger partial charge in [-0.05, 0) is 37.8 Å². The van der Waals surface area contributed by atoms with E-state index in [1.165, 1.54) is 0 Å². The molecule has 1 aliphatic rings. The van der Waals surface area contributed by atoms with E-state index in [4.69, 9.17) is 5.73 Å². The highest BCUT2D eigenvalue weighted by Crippen LogP contribution is 2.42. The van der Waals surface area contributed by atoms with Crippen molar-refractivity contribution in [3.05, 3.63) is 36.7 Å². The monoisotopic (exact) mass is 243 g/mol. The molecule has 4 nitrogen and oxygen atoms in total. The van der Waals surface area contributed by atoms with Gasteiger partial charge in [-0.2, -0.15) is 5.26 Å². The minimum absolute atomic E-state index is 0.538. The predicted molar refractivity (Wildman–Crippen MR) is 69.6 cm³/mol. The maximum absolute atomic E-state index is 10.1. The minimum Gasteiger partial charge on any atom is -0.397 e. The van der Waals surface area contributed by atoms with Crippen molar-refractivity contribution < 1.29 is 5.11 Å². The highest BCUT2D eigenvalue weighted by molar-refractivity contribution is 5.38. The second-order valence-electron chi connectivity index (χ2n) is 4.98. The molecule has 3 N–H and O–H groups in total. The van der Waals surface area contributed by atoms with Crippen molar-refractivity contribution in [1.82, 2.24) is 4.98 Å². The van der Waals surface area contributed by atoms with Crippen LogP contribution >= 0.6 is 0 Å². The van der Waals surface area contributed by atoms with Gasteiger partial charge in [-0.3, -0.25) is 4.98 Å². The van der Waals surface area contributed by atoms with Gasteiger partial charge in [0.25, 0.3) is 0 Å². The molecule has 94 valence electrons. The Kier molecular flexibility index (Phi) is 3.10. The molecule has 18 heavy (non-hydrogen) atoms. The molecule has 1 heterocycles. The van der Waals surface area contributed by atoms with Gasteiger partial charge in [-0.25, -0.2) is 0 Å². The Labute approximate surface area is 107 Å². The lowest BCUT2D eigenvalue weighted by Crippen LogP contribution is -2.39. The van der Waals surface area contributed by atoms with Crippen molar-refractivity contribution in [3.63, 3.8) is 0 Å². The van der Waals surface area contributed by atoms with Crippen LogP contribution in [-0.4, -0.2) is 15.7 Å². The van der Waals surface area contributed by atoms with Gasteiger partial charge in [0.2, 0.25) is 0 Å². The molecule has 1 fully saturated rings. The minimum atomic E-state index is -0.839. The van der Waals surface area contributed by atoms with Gasteiger partial charge >= 0.3 is 0 Å². The summed E-state index contributed by atoms with van der Waals surface area (Å²) in [5.74, 6) is 0. The second-order valence-corrected chi connectivity index (χ2v) is 4.98. The lowest BCUT2D eigenvalue weighted by atomic mass is 9.67. The molecule has 0 atom stereocenters. The molecule has 1 aliphatic carbocycles. The first-order valence-electron chi connectivity index (χ1n) is 6.03. The SMILES string of the molecule is C=C[C@]1(O)CC[C@@](C#N)(c2ccc(N)cn2)CC1. The van der Waals surface area contributed by atoms with Crippen LogP contribution in [0.5, 0.6) is 0 Å². The van der Waals surface area contributed by atoms with Crippen molar-refractivity contribution in [3.8, 4) is 6.07 Å². The van der Waals surface area contributed by atoms with Crippen LogP contribution < -0.4 is 5.73 Å². The van der Waals surface area contributed by atoms with Gasteiger partial charge in [-0.1, -0.05) is 6.08 Å². The van der Waals surface area contributed by atoms with Crippen LogP contribution in [0, 0.1) is 11.3 Å². The summed E-state index contributed by atoms with van der Waals surface area (Å²) in [7, 11) is 0. The summed E-state index contributed by atoms with van der Waals surface area (Å²) < 4.78 is 0. The summed E-state index contributed by atoms with van der Waals surface area (Å²) >= 11 is 0. The number of nitrogen functional groups attached to an aromatic ring is 1. The maximum atomic E-state index is 10.1. The van der Waals surface area contributed by atoms with E-state index in [1.54, 1.807) is 24.4 Å². The topological polar surface area (TPSA) is 82.9 Å². The van der Waals surface area contributed by atoms with E-state index < -0.39 is 11.0 Å². The largest absolute Gasteiger partial charge is 0.397 e. The van der Waals surface area contributed by atoms with Crippen molar-refractivity contribution >= 4 is 5.69 Å². The second kappa shape index (κ2) is 4.43. The smallest absolute Gasteiger partial charge is 0.0995 e. The fourth-order valence-electron chi connectivity index (χ4n) is 2.43. The van der Waals surface area contributed by atoms with Crippen LogP contribution in [0.2, 0.25) is 0 Å². The van der Waals surface area contributed by atoms with Crippen LogP contribution in [0.15, 0.2) is 31.0 Å². The van der Waals surface area contributed by atoms with Crippen LogP contribution in [0.4, 0.5) is 5.69 Å². The Morgan fingerprint density at radius 1 is 1.39 bits per heavy atom. The summed E-state index contributed by atoms with van der Waals surface area (Å²) in [5, 5.41) is 19.6. The van der Waals surface area contributed by atoms with E-state index >= 15 is 0 Å². The molecule has 0 saturated heterocycles. The van der Waals surface area contributed by atoms with Gasteiger partial charge in [0.15, 0.2) is 0 Å². The fraction of sp³-hybridized carbons (Fsp3) is 0.429. The lowest BCUT2D eigenvalue weighted by molar-refractivity contribution is 0.0355. The van der Waals surface area contributed by atoms with E-state index in [-0.39, 0.29) is 0 Å². The molecule has 0 bridgehead atoms. The van der Waals surface area contributed by atoms with Gasteiger partial charge in [-0.15, -0.1) is 6.58 Å². The van der Waals surface area contributed by atoms with Crippen molar-refractivity contribution in [2.24, 2.45) is 0 Å². The number of hydrogen-bond acceptors (Lipinski definition) is 4. The average Bonchev–Trinajstić information content (AvgIpc) is 2.41. The predicted octanol–water partition coefficient (Wildman–Crippen LogP) is 1.92. The highest BCUT2D eigenvalue weighted by atomic mass is 16.3. The van der Waals surface area contributed by atoms with Crippen LogP contribution in [0.3, 0.4) is 0 Å². The molecule has 0 aromatic carbocycles. The first-order valence-corrected chi connectivity index (χ1v) is 6.03. The number of pyridine rings is 1. The molecule has 0 radical (unpaired) electrons. The fourth-order valence-corrected chi connectivity index (χ4v) is 2.43. The number of aromatic nitrogens is 1. The van der Waals surface area contributed by atoms with Crippen molar-refractivity contribution in [2.75, 3.05) is 5.73 Å². The van der Waals surface area contributed by atoms with Gasteiger partial charge in [0.05, 0.1) is 34.7 Å². The van der Waals surface area contributed by atoms with E-state index in [9.17, 15) is 10.4 Å². The lowest BCUT2D eigenvalue weighted by Gasteiger charge is -2.38. The summed E-state index contributed by atoms with van der Waals surface area (Å²) in [4.78, 5) is 4.26. The first-order chi connectivity index (χ1) is 8.53. The molecule has 1 saturated carbocycles. The number of nitrogens with zero attached hydrogens (tertiary/aromatic N) is 2. The number of nitriles is 1. The summed E-state index contributed by atoms with van der Waals surface area (Å²) in [6, 6.07) is 5.93. The van der Waals surface area contributed by atoms with Crippen LogP contribution in [0.1, 0.15) is 31.4 Å². The van der Waals surface area contributed by atoms with Crippen LogP contribution in [-0.2, 0) is 5.41 Å². The zero-order valence-electron chi connectivity index (χ0n) is 10.3. The summed E-state index contributed by atoms with van der Waals surface area (Å²) in [6.45, 7) is 3.65. The molecular weight excluding hydrogens is 226 g/mol. The maximum Gasteiger partial charge on any atom is 0.0995 e. The molecular formula is C14H17N3O. The third kappa shape index (κ3) is 2.09. The Balaban J connectivity index is 2.27. The van der Waals surface area contributed by atoms with Gasteiger partial charge in [0, 0.05) is 0 Å². The van der Waals surface area contributed by atoms with E-state index in [0.29, 0.717) is 31.4 Å². The van der Waals surface area contributed by atoms with Gasteiger partial charge < -0.3 is 10.8 Å². The van der Waals surface area contributed by atoms with Crippen molar-refractivity contribution in [1.29, 1.82) is 5.26 Å². The number of rotatable bonds is 2. The number of hydrogen-bond donors (Lipinski definition) is 2. The van der Waals surface area contributed by atoms with E-state index in [2.05, 4.69) is 17.6 Å². The molecule has 0 unspecified atom stereocenters. The first kappa shape index (κ1) is 12.6. The zero-order valence-corrected chi connectivity index (χ0v) is 10.3. The number of anilines is 1. The molecule has 0 aliphatic heterocycles.